The third-order valence-corrected chi connectivity index (χ3v) is 2.67. The lowest BCUT2D eigenvalue weighted by atomic mass is 10.1. The first-order chi connectivity index (χ1) is 9.51. The number of aromatic hydroxyl groups is 1. The fourth-order valence-corrected chi connectivity index (χ4v) is 1.60. The van der Waals surface area contributed by atoms with Gasteiger partial charge in [-0.25, -0.2) is 9.59 Å². The van der Waals surface area contributed by atoms with Crippen molar-refractivity contribution in [3.05, 3.63) is 23.8 Å². The third kappa shape index (κ3) is 3.62. The van der Waals surface area contributed by atoms with Crippen LogP contribution in [0.25, 0.3) is 0 Å². The van der Waals surface area contributed by atoms with Crippen LogP contribution in [0.5, 0.6) is 5.75 Å². The monoisotopic (exact) mass is 277 g/mol. The van der Waals surface area contributed by atoms with Crippen LogP contribution < -0.4 is 5.32 Å². The number of amides is 2. The van der Waals surface area contributed by atoms with Crippen molar-refractivity contribution in [1.82, 2.24) is 4.90 Å². The first-order valence-electron chi connectivity index (χ1n) is 5.99. The van der Waals surface area contributed by atoms with E-state index in [1.165, 1.54) is 23.1 Å². The Balaban J connectivity index is 2.88. The number of rotatable bonds is 5. The van der Waals surface area contributed by atoms with E-state index in [1.807, 2.05) is 6.07 Å². The summed E-state index contributed by atoms with van der Waals surface area (Å²) in [5, 5.41) is 29.6. The lowest BCUT2D eigenvalue weighted by molar-refractivity contribution is 0.0693. The molecule has 0 fully saturated rings. The van der Waals surface area contributed by atoms with E-state index in [1.54, 1.807) is 6.92 Å². The molecule has 0 heterocycles. The van der Waals surface area contributed by atoms with Crippen LogP contribution in [0, 0.1) is 11.3 Å². The van der Waals surface area contributed by atoms with Gasteiger partial charge in [0.05, 0.1) is 18.2 Å². The minimum Gasteiger partial charge on any atom is -0.505 e. The van der Waals surface area contributed by atoms with Crippen molar-refractivity contribution in [2.24, 2.45) is 0 Å². The number of nitrogens with one attached hydrogen (secondary N) is 1. The van der Waals surface area contributed by atoms with Crippen molar-refractivity contribution in [3.63, 3.8) is 0 Å². The molecule has 0 radical (unpaired) electrons. The molecule has 7 nitrogen and oxygen atoms in total. The molecular weight excluding hydrogens is 262 g/mol. The van der Waals surface area contributed by atoms with E-state index in [2.05, 4.69) is 5.32 Å². The Morgan fingerprint density at radius 2 is 2.15 bits per heavy atom. The van der Waals surface area contributed by atoms with Crippen molar-refractivity contribution >= 4 is 17.7 Å². The number of nitrogens with zero attached hydrogens (tertiary/aromatic N) is 2. The molecule has 106 valence electrons. The Morgan fingerprint density at radius 1 is 1.45 bits per heavy atom. The zero-order chi connectivity index (χ0) is 15.1. The normalized spacial score (nSPS) is 9.60. The molecule has 0 unspecified atom stereocenters. The van der Waals surface area contributed by atoms with E-state index in [4.69, 9.17) is 10.4 Å². The molecule has 0 saturated carbocycles. The number of benzene rings is 1. The molecule has 0 atom stereocenters. The number of carbonyl (C=O) groups excluding carboxylic acids is 1. The van der Waals surface area contributed by atoms with Crippen LogP contribution in [-0.2, 0) is 0 Å². The van der Waals surface area contributed by atoms with E-state index in [9.17, 15) is 14.7 Å². The fraction of sp³-hybridized carbons (Fsp3) is 0.308. The molecule has 0 spiro atoms. The van der Waals surface area contributed by atoms with Gasteiger partial charge in [-0.05, 0) is 19.1 Å². The number of carboxylic acids is 1. The van der Waals surface area contributed by atoms with Gasteiger partial charge in [0.2, 0.25) is 0 Å². The summed E-state index contributed by atoms with van der Waals surface area (Å²) in [6, 6.07) is 5.50. The summed E-state index contributed by atoms with van der Waals surface area (Å²) in [5.74, 6) is -1.78. The molecule has 0 bridgehead atoms. The zero-order valence-electron chi connectivity index (χ0n) is 11.0. The van der Waals surface area contributed by atoms with Gasteiger partial charge in [0.1, 0.15) is 5.56 Å². The van der Waals surface area contributed by atoms with Crippen LogP contribution in [0.1, 0.15) is 23.7 Å². The fourth-order valence-electron chi connectivity index (χ4n) is 1.60. The molecule has 7 heteroatoms. The van der Waals surface area contributed by atoms with Crippen molar-refractivity contribution < 1.29 is 19.8 Å². The average Bonchev–Trinajstić information content (AvgIpc) is 2.41. The Hall–Kier alpha value is -2.75. The molecule has 0 aliphatic rings. The summed E-state index contributed by atoms with van der Waals surface area (Å²) in [5.41, 5.74) is -0.270. The molecule has 2 amide bonds. The van der Waals surface area contributed by atoms with E-state index < -0.39 is 17.7 Å². The lowest BCUT2D eigenvalue weighted by Crippen LogP contribution is -2.35. The van der Waals surface area contributed by atoms with Crippen molar-refractivity contribution in [3.8, 4) is 11.8 Å². The summed E-state index contributed by atoms with van der Waals surface area (Å²) in [6.45, 7) is 2.41. The van der Waals surface area contributed by atoms with E-state index in [0.717, 1.165) is 0 Å². The molecule has 0 aliphatic carbocycles. The Kier molecular flexibility index (Phi) is 5.35. The number of nitriles is 1. The number of anilines is 1. The summed E-state index contributed by atoms with van der Waals surface area (Å²) in [7, 11) is 0. The first-order valence-corrected chi connectivity index (χ1v) is 5.99. The Morgan fingerprint density at radius 3 is 2.70 bits per heavy atom. The standard InChI is InChI=1S/C13H15N3O4/c1-2-16(8-4-7-14)13(20)15-10-6-3-5-9(11(10)17)12(18)19/h3,5-6,17H,2,4,8H2,1H3,(H,15,20)(H,18,19). The maximum absolute atomic E-state index is 11.9. The predicted molar refractivity (Wildman–Crippen MR) is 71.6 cm³/mol. The van der Waals surface area contributed by atoms with Crippen molar-refractivity contribution in [2.75, 3.05) is 18.4 Å². The number of carboxylic acid groups (broad SMARTS) is 1. The maximum Gasteiger partial charge on any atom is 0.339 e. The van der Waals surface area contributed by atoms with Crippen LogP contribution in [0.2, 0.25) is 0 Å². The van der Waals surface area contributed by atoms with Gasteiger partial charge in [-0.15, -0.1) is 0 Å². The molecule has 0 aliphatic heterocycles. The second-order valence-corrected chi connectivity index (χ2v) is 3.92. The highest BCUT2D eigenvalue weighted by atomic mass is 16.4. The minimum atomic E-state index is -1.28. The highest BCUT2D eigenvalue weighted by Gasteiger charge is 2.17. The number of phenols is 1. The molecule has 20 heavy (non-hydrogen) atoms. The molecule has 1 aromatic rings. The minimum absolute atomic E-state index is 0.0188. The molecule has 1 rings (SSSR count). The topological polar surface area (TPSA) is 114 Å². The number of aromatic carboxylic acids is 1. The summed E-state index contributed by atoms with van der Waals surface area (Å²) in [4.78, 5) is 24.2. The van der Waals surface area contributed by atoms with Crippen LogP contribution in [0.3, 0.4) is 0 Å². The largest absolute Gasteiger partial charge is 0.505 e. The summed E-state index contributed by atoms with van der Waals surface area (Å²) >= 11 is 0. The number of carbonyl (C=O) groups is 2. The third-order valence-electron chi connectivity index (χ3n) is 2.67. The van der Waals surface area contributed by atoms with Crippen LogP contribution in [0.4, 0.5) is 10.5 Å². The second-order valence-electron chi connectivity index (χ2n) is 3.92. The Labute approximate surface area is 116 Å². The number of hydrogen-bond acceptors (Lipinski definition) is 4. The van der Waals surface area contributed by atoms with E-state index in [-0.39, 0.29) is 24.2 Å². The van der Waals surface area contributed by atoms with E-state index >= 15 is 0 Å². The molecule has 1 aromatic carbocycles. The second kappa shape index (κ2) is 6.99. The van der Waals surface area contributed by atoms with Crippen molar-refractivity contribution in [2.45, 2.75) is 13.3 Å². The predicted octanol–water partition coefficient (Wildman–Crippen LogP) is 1.86. The molecule has 0 saturated heterocycles. The molecule has 0 aromatic heterocycles. The molecular formula is C13H15N3O4. The summed E-state index contributed by atoms with van der Waals surface area (Å²) < 4.78 is 0. The van der Waals surface area contributed by atoms with Crippen LogP contribution in [0.15, 0.2) is 18.2 Å². The zero-order valence-corrected chi connectivity index (χ0v) is 11.0. The SMILES string of the molecule is CCN(CCC#N)C(=O)Nc1cccc(C(=O)O)c1O. The maximum atomic E-state index is 11.9. The lowest BCUT2D eigenvalue weighted by Gasteiger charge is -2.20. The Bertz CT molecular complexity index is 551. The van der Waals surface area contributed by atoms with E-state index in [0.29, 0.717) is 6.54 Å². The van der Waals surface area contributed by atoms with Gasteiger partial charge < -0.3 is 20.4 Å². The van der Waals surface area contributed by atoms with Gasteiger partial charge in [-0.1, -0.05) is 6.07 Å². The number of para-hydroxylation sites is 1. The van der Waals surface area contributed by atoms with Gasteiger partial charge in [0.15, 0.2) is 5.75 Å². The van der Waals surface area contributed by atoms with Gasteiger partial charge in [0.25, 0.3) is 0 Å². The number of urea groups is 1. The quantitative estimate of drug-likeness (QED) is 0.711. The smallest absolute Gasteiger partial charge is 0.339 e. The average molecular weight is 277 g/mol. The van der Waals surface area contributed by atoms with Crippen LogP contribution in [-0.4, -0.2) is 40.2 Å². The van der Waals surface area contributed by atoms with Crippen LogP contribution >= 0.6 is 0 Å². The number of hydrogen-bond donors (Lipinski definition) is 3. The van der Waals surface area contributed by atoms with Gasteiger partial charge in [-0.3, -0.25) is 0 Å². The van der Waals surface area contributed by atoms with Gasteiger partial charge >= 0.3 is 12.0 Å². The highest BCUT2D eigenvalue weighted by Crippen LogP contribution is 2.27. The van der Waals surface area contributed by atoms with Gasteiger partial charge in [-0.2, -0.15) is 5.26 Å². The van der Waals surface area contributed by atoms with Gasteiger partial charge in [0, 0.05) is 13.1 Å². The molecule has 3 N–H and O–H groups in total. The highest BCUT2D eigenvalue weighted by molar-refractivity contribution is 5.97. The first kappa shape index (κ1) is 15.3. The summed E-state index contributed by atoms with van der Waals surface area (Å²) in [6.07, 6.45) is 0.197. The van der Waals surface area contributed by atoms with Crippen molar-refractivity contribution in [1.29, 1.82) is 5.26 Å².